The smallest absolute Gasteiger partial charge is 0.416 e. The van der Waals surface area contributed by atoms with E-state index in [-0.39, 0.29) is 18.8 Å². The molecule has 0 spiro atoms. The molecule has 1 aromatic heterocycles. The number of aromatic nitrogens is 1. The highest BCUT2D eigenvalue weighted by atomic mass is 32.2. The van der Waals surface area contributed by atoms with E-state index in [1.807, 2.05) is 0 Å². The molecule has 0 amide bonds. The molecule has 210 valence electrons. The predicted molar refractivity (Wildman–Crippen MR) is 145 cm³/mol. The first-order chi connectivity index (χ1) is 19.0. The van der Waals surface area contributed by atoms with E-state index in [4.69, 9.17) is 9.47 Å². The standard InChI is InChI=1S/C29H24F5NO3S2/c1-4-37-24(36)15-38-23-13-12-20(14-16(23)2)39-27(25-21(30)6-5-7-22(25)31)26-17(3)35-28(40-26)18-8-10-19(11-9-18)29(32,33)34/h5-14,27H,4,15H2,1-3H3. The summed E-state index contributed by atoms with van der Waals surface area (Å²) in [6, 6.07) is 13.4. The number of benzene rings is 3. The van der Waals surface area contributed by atoms with Crippen molar-refractivity contribution in [3.63, 3.8) is 0 Å². The number of hydrogen-bond donors (Lipinski definition) is 0. The van der Waals surface area contributed by atoms with Crippen molar-refractivity contribution < 1.29 is 36.2 Å². The number of thioether (sulfide) groups is 1. The molecular weight excluding hydrogens is 569 g/mol. The molecule has 3 aromatic carbocycles. The zero-order chi connectivity index (χ0) is 29.0. The molecule has 0 N–H and O–H groups in total. The van der Waals surface area contributed by atoms with Crippen molar-refractivity contribution in [2.45, 2.75) is 37.1 Å². The van der Waals surface area contributed by atoms with E-state index in [0.717, 1.165) is 12.1 Å². The van der Waals surface area contributed by atoms with E-state index < -0.39 is 34.6 Å². The maximum Gasteiger partial charge on any atom is 0.416 e. The van der Waals surface area contributed by atoms with E-state index >= 15 is 8.78 Å². The number of alkyl halides is 3. The van der Waals surface area contributed by atoms with Crippen molar-refractivity contribution >= 4 is 29.1 Å². The van der Waals surface area contributed by atoms with Crippen LogP contribution in [0.3, 0.4) is 0 Å². The number of carbonyl (C=O) groups is 1. The van der Waals surface area contributed by atoms with E-state index in [1.54, 1.807) is 39.0 Å². The molecule has 11 heteroatoms. The fraction of sp³-hybridized carbons (Fsp3) is 0.241. The van der Waals surface area contributed by atoms with Crippen LogP contribution in [-0.4, -0.2) is 24.2 Å². The molecule has 40 heavy (non-hydrogen) atoms. The number of rotatable bonds is 9. The molecule has 0 fully saturated rings. The van der Waals surface area contributed by atoms with Crippen molar-refractivity contribution in [1.29, 1.82) is 0 Å². The van der Waals surface area contributed by atoms with Gasteiger partial charge in [0.05, 0.1) is 23.1 Å². The Morgan fingerprint density at radius 1 is 1.02 bits per heavy atom. The molecule has 1 unspecified atom stereocenters. The number of nitrogens with zero attached hydrogens (tertiary/aromatic N) is 1. The summed E-state index contributed by atoms with van der Waals surface area (Å²) in [5.41, 5.74) is 0.735. The fourth-order valence-corrected chi connectivity index (χ4v) is 6.55. The van der Waals surface area contributed by atoms with Gasteiger partial charge in [0.25, 0.3) is 0 Å². The molecule has 0 bridgehead atoms. The first-order valence-electron chi connectivity index (χ1n) is 12.1. The molecule has 0 saturated heterocycles. The van der Waals surface area contributed by atoms with Gasteiger partial charge in [-0.15, -0.1) is 23.1 Å². The number of ether oxygens (including phenoxy) is 2. The number of halogens is 5. The van der Waals surface area contributed by atoms with Crippen molar-refractivity contribution in [3.8, 4) is 16.3 Å². The van der Waals surface area contributed by atoms with Gasteiger partial charge in [0.1, 0.15) is 22.4 Å². The Kier molecular flexibility index (Phi) is 9.15. The molecule has 4 nitrogen and oxygen atoms in total. The summed E-state index contributed by atoms with van der Waals surface area (Å²) in [4.78, 5) is 17.4. The second-order valence-electron chi connectivity index (χ2n) is 8.70. The fourth-order valence-electron chi connectivity index (χ4n) is 3.91. The maximum atomic E-state index is 15.0. The van der Waals surface area contributed by atoms with Crippen LogP contribution in [0.2, 0.25) is 0 Å². The van der Waals surface area contributed by atoms with Gasteiger partial charge in [-0.2, -0.15) is 13.2 Å². The molecule has 0 aliphatic rings. The molecule has 1 atom stereocenters. The largest absolute Gasteiger partial charge is 0.482 e. The van der Waals surface area contributed by atoms with E-state index in [9.17, 15) is 18.0 Å². The quantitative estimate of drug-likeness (QED) is 0.111. The monoisotopic (exact) mass is 593 g/mol. The highest BCUT2D eigenvalue weighted by molar-refractivity contribution is 7.99. The maximum absolute atomic E-state index is 15.0. The normalized spacial score (nSPS) is 12.3. The molecule has 4 aromatic rings. The van der Waals surface area contributed by atoms with Crippen LogP contribution in [0.5, 0.6) is 5.75 Å². The van der Waals surface area contributed by atoms with Gasteiger partial charge in [0.2, 0.25) is 0 Å². The van der Waals surface area contributed by atoms with Crippen LogP contribution in [0.25, 0.3) is 10.6 Å². The van der Waals surface area contributed by atoms with Gasteiger partial charge < -0.3 is 9.47 Å². The zero-order valence-corrected chi connectivity index (χ0v) is 23.3. The van der Waals surface area contributed by atoms with E-state index in [2.05, 4.69) is 4.98 Å². The summed E-state index contributed by atoms with van der Waals surface area (Å²) in [5, 5.41) is -0.407. The summed E-state index contributed by atoms with van der Waals surface area (Å²) in [5.74, 6) is -1.50. The van der Waals surface area contributed by atoms with Gasteiger partial charge >= 0.3 is 12.1 Å². The lowest BCUT2D eigenvalue weighted by Crippen LogP contribution is -2.14. The molecule has 4 rings (SSSR count). The SMILES string of the molecule is CCOC(=O)COc1ccc(SC(c2sc(-c3ccc(C(F)(F)F)cc3)nc2C)c2c(F)cccc2F)cc1C. The Balaban J connectivity index is 1.68. The molecular formula is C29H24F5NO3S2. The third-order valence-corrected chi connectivity index (χ3v) is 8.50. The molecule has 0 radical (unpaired) electrons. The minimum absolute atomic E-state index is 0.154. The third-order valence-electron chi connectivity index (χ3n) is 5.84. The van der Waals surface area contributed by atoms with Crippen LogP contribution < -0.4 is 4.74 Å². The average Bonchev–Trinajstić information content (AvgIpc) is 3.28. The lowest BCUT2D eigenvalue weighted by Gasteiger charge is -2.19. The zero-order valence-electron chi connectivity index (χ0n) is 21.6. The van der Waals surface area contributed by atoms with Gasteiger partial charge in [-0.3, -0.25) is 0 Å². The first-order valence-corrected chi connectivity index (χ1v) is 13.8. The van der Waals surface area contributed by atoms with E-state index in [0.29, 0.717) is 37.4 Å². The minimum atomic E-state index is -4.47. The van der Waals surface area contributed by atoms with Gasteiger partial charge in [0, 0.05) is 20.9 Å². The van der Waals surface area contributed by atoms with Crippen molar-refractivity contribution in [2.75, 3.05) is 13.2 Å². The third kappa shape index (κ3) is 6.82. The predicted octanol–water partition coefficient (Wildman–Crippen LogP) is 8.55. The summed E-state index contributed by atoms with van der Waals surface area (Å²) >= 11 is 2.37. The van der Waals surface area contributed by atoms with Crippen LogP contribution >= 0.6 is 23.1 Å². The lowest BCUT2D eigenvalue weighted by molar-refractivity contribution is -0.145. The number of aryl methyl sites for hydroxylation is 2. The Labute approximate surface area is 236 Å². The summed E-state index contributed by atoms with van der Waals surface area (Å²) in [6.45, 7) is 5.16. The van der Waals surface area contributed by atoms with Crippen LogP contribution in [0, 0.1) is 25.5 Å². The first kappa shape index (κ1) is 29.5. The van der Waals surface area contributed by atoms with E-state index in [1.165, 1.54) is 53.4 Å². The van der Waals surface area contributed by atoms with Crippen LogP contribution in [-0.2, 0) is 15.7 Å². The number of carbonyl (C=O) groups excluding carboxylic acids is 1. The molecule has 0 aliphatic heterocycles. The van der Waals surface area contributed by atoms with Gasteiger partial charge in [-0.05, 0) is 68.8 Å². The summed E-state index contributed by atoms with van der Waals surface area (Å²) < 4.78 is 79.6. The number of esters is 1. The topological polar surface area (TPSA) is 48.4 Å². The van der Waals surface area contributed by atoms with Crippen LogP contribution in [0.4, 0.5) is 22.0 Å². The Bertz CT molecular complexity index is 1480. The Morgan fingerprint density at radius 2 is 1.70 bits per heavy atom. The van der Waals surface area contributed by atoms with Gasteiger partial charge in [0.15, 0.2) is 6.61 Å². The lowest BCUT2D eigenvalue weighted by atomic mass is 10.1. The minimum Gasteiger partial charge on any atom is -0.482 e. The van der Waals surface area contributed by atoms with Gasteiger partial charge in [-0.25, -0.2) is 18.6 Å². The van der Waals surface area contributed by atoms with Crippen molar-refractivity contribution in [2.24, 2.45) is 0 Å². The number of thiazole rings is 1. The molecule has 0 saturated carbocycles. The Hall–Kier alpha value is -3.44. The summed E-state index contributed by atoms with van der Waals surface area (Å²) in [7, 11) is 0. The second-order valence-corrected chi connectivity index (χ2v) is 10.9. The van der Waals surface area contributed by atoms with Crippen LogP contribution in [0.15, 0.2) is 65.6 Å². The second kappa shape index (κ2) is 12.4. The Morgan fingerprint density at radius 3 is 2.30 bits per heavy atom. The summed E-state index contributed by atoms with van der Waals surface area (Å²) in [6.07, 6.45) is -4.47. The molecule has 0 aliphatic carbocycles. The molecule has 1 heterocycles. The van der Waals surface area contributed by atoms with Crippen LogP contribution in [0.1, 0.15) is 39.4 Å². The van der Waals surface area contributed by atoms with Crippen molar-refractivity contribution in [3.05, 3.63) is 99.6 Å². The van der Waals surface area contributed by atoms with Gasteiger partial charge in [-0.1, -0.05) is 18.2 Å². The number of hydrogen-bond acceptors (Lipinski definition) is 6. The highest BCUT2D eigenvalue weighted by Crippen LogP contribution is 2.47. The highest BCUT2D eigenvalue weighted by Gasteiger charge is 2.31. The van der Waals surface area contributed by atoms with Crippen molar-refractivity contribution in [1.82, 2.24) is 4.98 Å². The average molecular weight is 594 g/mol.